The number of hydrogen-bond acceptors (Lipinski definition) is 5. The summed E-state index contributed by atoms with van der Waals surface area (Å²) in [6, 6.07) is 12.6. The summed E-state index contributed by atoms with van der Waals surface area (Å²) in [5, 5.41) is 11.1. The van der Waals surface area contributed by atoms with E-state index in [1.54, 1.807) is 42.5 Å². The van der Waals surface area contributed by atoms with Gasteiger partial charge >= 0.3 is 0 Å². The Balaban J connectivity index is 1.82. The average molecular weight is 387 g/mol. The first-order chi connectivity index (χ1) is 12.5. The SMILES string of the molecule is O=C1S/C(=C/C=C/c2ccccc2[N+](=O)[O-])C(=O)N1c1ccc(Cl)cc1. The van der Waals surface area contributed by atoms with Crippen molar-refractivity contribution >= 4 is 52.0 Å². The van der Waals surface area contributed by atoms with Crippen molar-refractivity contribution in [2.24, 2.45) is 0 Å². The molecule has 0 spiro atoms. The first-order valence-corrected chi connectivity index (χ1v) is 8.60. The molecule has 1 saturated heterocycles. The van der Waals surface area contributed by atoms with E-state index in [2.05, 4.69) is 0 Å². The highest BCUT2D eigenvalue weighted by Crippen LogP contribution is 2.35. The van der Waals surface area contributed by atoms with Crippen molar-refractivity contribution < 1.29 is 14.5 Å². The Bertz CT molecular complexity index is 954. The van der Waals surface area contributed by atoms with E-state index in [0.717, 1.165) is 16.7 Å². The average Bonchev–Trinajstić information content (AvgIpc) is 2.90. The smallest absolute Gasteiger partial charge is 0.268 e. The largest absolute Gasteiger partial charge is 0.298 e. The predicted molar refractivity (Wildman–Crippen MR) is 102 cm³/mol. The van der Waals surface area contributed by atoms with Crippen LogP contribution in [0.15, 0.2) is 65.6 Å². The predicted octanol–water partition coefficient (Wildman–Crippen LogP) is 5.05. The van der Waals surface area contributed by atoms with Gasteiger partial charge in [0.05, 0.1) is 21.1 Å². The Labute approximate surface area is 157 Å². The molecule has 0 unspecified atom stereocenters. The Morgan fingerprint density at radius 2 is 1.77 bits per heavy atom. The fourth-order valence-electron chi connectivity index (χ4n) is 2.33. The highest BCUT2D eigenvalue weighted by molar-refractivity contribution is 8.18. The third-order valence-electron chi connectivity index (χ3n) is 3.54. The Hall–Kier alpha value is -2.90. The fraction of sp³-hybridized carbons (Fsp3) is 0. The van der Waals surface area contributed by atoms with E-state index in [4.69, 9.17) is 11.6 Å². The second kappa shape index (κ2) is 7.55. The number of benzene rings is 2. The van der Waals surface area contributed by atoms with Gasteiger partial charge in [0, 0.05) is 11.1 Å². The number of rotatable bonds is 4. The second-order valence-corrected chi connectivity index (χ2v) is 6.62. The minimum Gasteiger partial charge on any atom is -0.268 e. The molecule has 2 amide bonds. The lowest BCUT2D eigenvalue weighted by Crippen LogP contribution is -2.27. The van der Waals surface area contributed by atoms with Crippen LogP contribution in [0.25, 0.3) is 6.08 Å². The molecule has 8 heteroatoms. The maximum atomic E-state index is 12.5. The number of carbonyl (C=O) groups is 2. The number of halogens is 1. The van der Waals surface area contributed by atoms with E-state index < -0.39 is 16.1 Å². The number of imide groups is 1. The van der Waals surface area contributed by atoms with Crippen molar-refractivity contribution in [1.29, 1.82) is 0 Å². The number of hydrogen-bond donors (Lipinski definition) is 0. The molecule has 1 aliphatic rings. The lowest BCUT2D eigenvalue weighted by Gasteiger charge is -2.11. The van der Waals surface area contributed by atoms with Crippen LogP contribution in [-0.4, -0.2) is 16.1 Å². The van der Waals surface area contributed by atoms with Crippen LogP contribution in [-0.2, 0) is 4.79 Å². The highest BCUT2D eigenvalue weighted by Gasteiger charge is 2.35. The lowest BCUT2D eigenvalue weighted by molar-refractivity contribution is -0.385. The highest BCUT2D eigenvalue weighted by atomic mass is 35.5. The van der Waals surface area contributed by atoms with Crippen LogP contribution in [0.4, 0.5) is 16.2 Å². The van der Waals surface area contributed by atoms with Gasteiger partial charge in [0.1, 0.15) is 0 Å². The number of carbonyl (C=O) groups excluding carboxylic acids is 2. The van der Waals surface area contributed by atoms with E-state index in [1.165, 1.54) is 24.3 Å². The number of amides is 2. The van der Waals surface area contributed by atoms with E-state index in [1.807, 2.05) is 0 Å². The third-order valence-corrected chi connectivity index (χ3v) is 4.68. The summed E-state index contributed by atoms with van der Waals surface area (Å²) in [5.41, 5.74) is 0.806. The summed E-state index contributed by atoms with van der Waals surface area (Å²) in [4.78, 5) is 36.4. The number of para-hydroxylation sites is 1. The molecule has 1 aliphatic heterocycles. The van der Waals surface area contributed by atoms with E-state index in [0.29, 0.717) is 16.3 Å². The zero-order chi connectivity index (χ0) is 18.7. The zero-order valence-corrected chi connectivity index (χ0v) is 14.7. The molecule has 0 aliphatic carbocycles. The molecular weight excluding hydrogens is 376 g/mol. The van der Waals surface area contributed by atoms with Gasteiger partial charge in [-0.25, -0.2) is 4.90 Å². The molecule has 26 heavy (non-hydrogen) atoms. The third kappa shape index (κ3) is 3.68. The van der Waals surface area contributed by atoms with Gasteiger partial charge in [0.25, 0.3) is 16.8 Å². The van der Waals surface area contributed by atoms with Crippen molar-refractivity contribution in [3.05, 3.63) is 86.3 Å². The van der Waals surface area contributed by atoms with Crippen molar-refractivity contribution in [3.8, 4) is 0 Å². The molecule has 130 valence electrons. The maximum Gasteiger partial charge on any atom is 0.298 e. The van der Waals surface area contributed by atoms with Crippen molar-refractivity contribution in [2.45, 2.75) is 0 Å². The number of nitro benzene ring substituents is 1. The minimum atomic E-state index is -0.478. The van der Waals surface area contributed by atoms with Crippen LogP contribution in [0.5, 0.6) is 0 Å². The number of nitrogens with zero attached hydrogens (tertiary/aromatic N) is 2. The molecule has 0 aromatic heterocycles. The minimum absolute atomic E-state index is 0.0357. The Morgan fingerprint density at radius 1 is 1.08 bits per heavy atom. The monoisotopic (exact) mass is 386 g/mol. The quantitative estimate of drug-likeness (QED) is 0.417. The fourth-order valence-corrected chi connectivity index (χ4v) is 3.25. The number of anilines is 1. The van der Waals surface area contributed by atoms with Gasteiger partial charge in [-0.3, -0.25) is 19.7 Å². The van der Waals surface area contributed by atoms with E-state index in [9.17, 15) is 19.7 Å². The van der Waals surface area contributed by atoms with Gasteiger partial charge in [-0.1, -0.05) is 29.8 Å². The summed E-state index contributed by atoms with van der Waals surface area (Å²) in [6.07, 6.45) is 4.51. The molecule has 0 saturated carbocycles. The first-order valence-electron chi connectivity index (χ1n) is 7.41. The molecule has 0 atom stereocenters. The molecular formula is C18H11ClN2O4S. The number of thioether (sulfide) groups is 1. The maximum absolute atomic E-state index is 12.5. The topological polar surface area (TPSA) is 80.5 Å². The molecule has 3 rings (SSSR count). The second-order valence-electron chi connectivity index (χ2n) is 5.19. The van der Waals surface area contributed by atoms with E-state index in [-0.39, 0.29) is 10.6 Å². The van der Waals surface area contributed by atoms with Crippen molar-refractivity contribution in [3.63, 3.8) is 0 Å². The molecule has 2 aromatic rings. The van der Waals surface area contributed by atoms with Crippen molar-refractivity contribution in [1.82, 2.24) is 0 Å². The number of nitro groups is 1. The summed E-state index contributed by atoms with van der Waals surface area (Å²) < 4.78 is 0. The van der Waals surface area contributed by atoms with Crippen LogP contribution in [0.3, 0.4) is 0 Å². The van der Waals surface area contributed by atoms with Gasteiger partial charge in [-0.15, -0.1) is 0 Å². The first kappa shape index (κ1) is 17.9. The Kier molecular flexibility index (Phi) is 5.20. The zero-order valence-electron chi connectivity index (χ0n) is 13.2. The van der Waals surface area contributed by atoms with Crippen LogP contribution in [0, 0.1) is 10.1 Å². The molecule has 0 bridgehead atoms. The molecule has 6 nitrogen and oxygen atoms in total. The van der Waals surface area contributed by atoms with Crippen LogP contribution in [0.2, 0.25) is 5.02 Å². The van der Waals surface area contributed by atoms with E-state index >= 15 is 0 Å². The Morgan fingerprint density at radius 3 is 2.46 bits per heavy atom. The number of allylic oxidation sites excluding steroid dienone is 2. The molecule has 1 heterocycles. The summed E-state index contributed by atoms with van der Waals surface area (Å²) in [5.74, 6) is -0.450. The molecule has 0 radical (unpaired) electrons. The standard InChI is InChI=1S/C18H11ClN2O4S/c19-13-8-10-14(11-9-13)20-17(22)16(26-18(20)23)7-3-5-12-4-1-2-6-15(12)21(24)25/h1-11H/b5-3+,16-7+. The van der Waals surface area contributed by atoms with Gasteiger partial charge in [-0.05, 0) is 54.2 Å². The van der Waals surface area contributed by atoms with Crippen molar-refractivity contribution in [2.75, 3.05) is 4.90 Å². The van der Waals surface area contributed by atoms with Crippen LogP contribution >= 0.6 is 23.4 Å². The lowest BCUT2D eigenvalue weighted by atomic mass is 10.1. The van der Waals surface area contributed by atoms with Gasteiger partial charge in [0.15, 0.2) is 0 Å². The summed E-state index contributed by atoms with van der Waals surface area (Å²) in [6.45, 7) is 0. The molecule has 2 aromatic carbocycles. The van der Waals surface area contributed by atoms with Gasteiger partial charge in [0.2, 0.25) is 0 Å². The van der Waals surface area contributed by atoms with Gasteiger partial charge in [-0.2, -0.15) is 0 Å². The molecule has 1 fully saturated rings. The summed E-state index contributed by atoms with van der Waals surface area (Å²) in [7, 11) is 0. The van der Waals surface area contributed by atoms with Crippen LogP contribution < -0.4 is 4.90 Å². The summed E-state index contributed by atoms with van der Waals surface area (Å²) >= 11 is 6.63. The normalized spacial score (nSPS) is 16.0. The van der Waals surface area contributed by atoms with Crippen LogP contribution in [0.1, 0.15) is 5.56 Å². The molecule has 0 N–H and O–H groups in total. The van der Waals surface area contributed by atoms with Gasteiger partial charge < -0.3 is 0 Å².